The van der Waals surface area contributed by atoms with E-state index in [2.05, 4.69) is 22.6 Å². The topological polar surface area (TPSA) is 65.1 Å². The van der Waals surface area contributed by atoms with Crippen LogP contribution in [0.5, 0.6) is 17.2 Å². The van der Waals surface area contributed by atoms with E-state index in [9.17, 15) is 14.0 Å². The van der Waals surface area contributed by atoms with Crippen molar-refractivity contribution in [3.63, 3.8) is 0 Å². The van der Waals surface area contributed by atoms with Gasteiger partial charge in [0.25, 0.3) is 11.1 Å². The van der Waals surface area contributed by atoms with E-state index in [1.807, 2.05) is 43.3 Å². The average Bonchev–Trinajstić information content (AvgIpc) is 3.12. The van der Waals surface area contributed by atoms with E-state index in [4.69, 9.17) is 14.2 Å². The smallest absolute Gasteiger partial charge is 0.293 e. The number of hydrogen-bond donors (Lipinski definition) is 0. The van der Waals surface area contributed by atoms with Gasteiger partial charge in [0.05, 0.1) is 21.6 Å². The number of amides is 2. The van der Waals surface area contributed by atoms with E-state index in [1.54, 1.807) is 30.3 Å². The second-order valence-electron chi connectivity index (χ2n) is 7.64. The number of rotatable bonds is 10. The first kappa shape index (κ1) is 26.0. The Balaban J connectivity index is 1.47. The van der Waals surface area contributed by atoms with Gasteiger partial charge in [-0.3, -0.25) is 14.5 Å². The third kappa shape index (κ3) is 6.38. The van der Waals surface area contributed by atoms with Crippen molar-refractivity contribution in [2.24, 2.45) is 0 Å². The largest absolute Gasteiger partial charge is 0.492 e. The summed E-state index contributed by atoms with van der Waals surface area (Å²) in [7, 11) is 0. The maximum atomic E-state index is 14.0. The van der Waals surface area contributed by atoms with Crippen LogP contribution < -0.4 is 14.2 Å². The SMILES string of the molecule is CCOc1cc(/C=C2\SC(=O)N(CCOc3ccccc3)C2=O)cc(I)c1OCc1ccccc1F. The number of thioether (sulfide) groups is 1. The number of carbonyl (C=O) groups is 2. The van der Waals surface area contributed by atoms with Crippen LogP contribution in [0, 0.1) is 9.39 Å². The van der Waals surface area contributed by atoms with Gasteiger partial charge in [-0.05, 0) is 83.2 Å². The Hall–Kier alpha value is -3.05. The lowest BCUT2D eigenvalue weighted by Crippen LogP contribution is -2.32. The predicted octanol–water partition coefficient (Wildman–Crippen LogP) is 6.52. The van der Waals surface area contributed by atoms with Crippen molar-refractivity contribution < 1.29 is 28.2 Å². The standard InChI is InChI=1S/C27H23FINO5S/c1-2-33-23-15-18(14-22(29)25(23)35-17-19-8-6-7-11-21(19)28)16-24-26(31)30(27(32)36-24)12-13-34-20-9-4-3-5-10-20/h3-11,14-16H,2,12-13,17H2,1H3/b24-16-. The lowest BCUT2D eigenvalue weighted by Gasteiger charge is -2.15. The molecule has 0 radical (unpaired) electrons. The van der Waals surface area contributed by atoms with Crippen molar-refractivity contribution in [1.29, 1.82) is 0 Å². The monoisotopic (exact) mass is 619 g/mol. The Labute approximate surface area is 226 Å². The quantitative estimate of drug-likeness (QED) is 0.190. The third-order valence-corrected chi connectivity index (χ3v) is 6.87. The maximum absolute atomic E-state index is 14.0. The van der Waals surface area contributed by atoms with Gasteiger partial charge in [0, 0.05) is 5.56 Å². The van der Waals surface area contributed by atoms with E-state index in [0.29, 0.717) is 39.9 Å². The molecule has 2 amide bonds. The number of ether oxygens (including phenoxy) is 3. The fourth-order valence-corrected chi connectivity index (χ4v) is 5.10. The van der Waals surface area contributed by atoms with Gasteiger partial charge >= 0.3 is 0 Å². The molecular weight excluding hydrogens is 596 g/mol. The average molecular weight is 619 g/mol. The molecule has 0 unspecified atom stereocenters. The Bertz CT molecular complexity index is 1280. The van der Waals surface area contributed by atoms with Crippen molar-refractivity contribution >= 4 is 51.6 Å². The summed E-state index contributed by atoms with van der Waals surface area (Å²) in [6.07, 6.45) is 1.66. The fourth-order valence-electron chi connectivity index (χ4n) is 3.46. The molecule has 9 heteroatoms. The van der Waals surface area contributed by atoms with E-state index in [1.165, 1.54) is 11.0 Å². The predicted molar refractivity (Wildman–Crippen MR) is 146 cm³/mol. The molecule has 0 spiro atoms. The molecule has 1 saturated heterocycles. The van der Waals surface area contributed by atoms with Crippen molar-refractivity contribution in [1.82, 2.24) is 4.90 Å². The van der Waals surface area contributed by atoms with Gasteiger partial charge in [0.1, 0.15) is 24.8 Å². The molecule has 0 saturated carbocycles. The fraction of sp³-hybridized carbons (Fsp3) is 0.185. The van der Waals surface area contributed by atoms with Gasteiger partial charge in [-0.15, -0.1) is 0 Å². The van der Waals surface area contributed by atoms with Gasteiger partial charge in [-0.25, -0.2) is 4.39 Å². The van der Waals surface area contributed by atoms with Gasteiger partial charge in [0.15, 0.2) is 11.5 Å². The van der Waals surface area contributed by atoms with Gasteiger partial charge < -0.3 is 14.2 Å². The minimum Gasteiger partial charge on any atom is -0.492 e. The molecule has 3 aromatic rings. The number of hydrogen-bond acceptors (Lipinski definition) is 6. The summed E-state index contributed by atoms with van der Waals surface area (Å²) in [6, 6.07) is 19.2. The summed E-state index contributed by atoms with van der Waals surface area (Å²) >= 11 is 3.00. The Morgan fingerprint density at radius 2 is 1.75 bits per heavy atom. The highest BCUT2D eigenvalue weighted by atomic mass is 127. The van der Waals surface area contributed by atoms with E-state index in [-0.39, 0.29) is 36.7 Å². The molecule has 1 aliphatic rings. The second-order valence-corrected chi connectivity index (χ2v) is 9.79. The number of para-hydroxylation sites is 1. The third-order valence-electron chi connectivity index (χ3n) is 5.16. The van der Waals surface area contributed by atoms with Crippen LogP contribution in [0.25, 0.3) is 6.08 Å². The summed E-state index contributed by atoms with van der Waals surface area (Å²) < 4.78 is 32.0. The molecule has 1 heterocycles. The van der Waals surface area contributed by atoms with Crippen LogP contribution in [-0.2, 0) is 11.4 Å². The van der Waals surface area contributed by atoms with E-state index in [0.717, 1.165) is 15.3 Å². The van der Waals surface area contributed by atoms with Crippen LogP contribution in [0.3, 0.4) is 0 Å². The van der Waals surface area contributed by atoms with Crippen molar-refractivity contribution in [2.45, 2.75) is 13.5 Å². The Morgan fingerprint density at radius 3 is 2.50 bits per heavy atom. The lowest BCUT2D eigenvalue weighted by atomic mass is 10.1. The molecule has 0 bridgehead atoms. The van der Waals surface area contributed by atoms with Gasteiger partial charge in [0.2, 0.25) is 0 Å². The number of imide groups is 1. The summed E-state index contributed by atoms with van der Waals surface area (Å²) in [6.45, 7) is 2.65. The highest BCUT2D eigenvalue weighted by Crippen LogP contribution is 2.38. The summed E-state index contributed by atoms with van der Waals surface area (Å²) in [5.41, 5.74) is 1.12. The molecule has 0 aromatic heterocycles. The Kier molecular flexibility index (Phi) is 8.87. The first-order valence-electron chi connectivity index (χ1n) is 11.2. The summed E-state index contributed by atoms with van der Waals surface area (Å²) in [5.74, 6) is 0.934. The summed E-state index contributed by atoms with van der Waals surface area (Å²) in [5, 5.41) is -0.340. The maximum Gasteiger partial charge on any atom is 0.293 e. The highest BCUT2D eigenvalue weighted by Gasteiger charge is 2.35. The first-order chi connectivity index (χ1) is 17.5. The van der Waals surface area contributed by atoms with Crippen molar-refractivity contribution in [3.8, 4) is 17.2 Å². The van der Waals surface area contributed by atoms with Crippen LogP contribution in [0.2, 0.25) is 0 Å². The number of benzene rings is 3. The first-order valence-corrected chi connectivity index (χ1v) is 13.1. The van der Waals surface area contributed by atoms with E-state index < -0.39 is 0 Å². The molecule has 3 aromatic carbocycles. The zero-order chi connectivity index (χ0) is 25.5. The van der Waals surface area contributed by atoms with Crippen LogP contribution in [0.4, 0.5) is 9.18 Å². The Morgan fingerprint density at radius 1 is 1.00 bits per heavy atom. The van der Waals surface area contributed by atoms with Crippen molar-refractivity contribution in [2.75, 3.05) is 19.8 Å². The lowest BCUT2D eigenvalue weighted by molar-refractivity contribution is -0.123. The molecule has 1 aliphatic heterocycles. The van der Waals surface area contributed by atoms with Crippen LogP contribution >= 0.6 is 34.4 Å². The molecule has 36 heavy (non-hydrogen) atoms. The zero-order valence-corrected chi connectivity index (χ0v) is 22.4. The molecule has 0 N–H and O–H groups in total. The van der Waals surface area contributed by atoms with Crippen LogP contribution in [-0.4, -0.2) is 35.8 Å². The number of nitrogens with zero attached hydrogens (tertiary/aromatic N) is 1. The highest BCUT2D eigenvalue weighted by molar-refractivity contribution is 14.1. The van der Waals surface area contributed by atoms with Crippen LogP contribution in [0.15, 0.2) is 71.6 Å². The normalized spacial score (nSPS) is 14.4. The number of carbonyl (C=O) groups excluding carboxylic acids is 2. The van der Waals surface area contributed by atoms with Crippen LogP contribution in [0.1, 0.15) is 18.1 Å². The summed E-state index contributed by atoms with van der Waals surface area (Å²) in [4.78, 5) is 26.8. The molecule has 4 rings (SSSR count). The molecule has 6 nitrogen and oxygen atoms in total. The minimum absolute atomic E-state index is 0.0477. The minimum atomic E-state index is -0.366. The van der Waals surface area contributed by atoms with Gasteiger partial charge in [-0.2, -0.15) is 0 Å². The molecule has 1 fully saturated rings. The van der Waals surface area contributed by atoms with E-state index >= 15 is 0 Å². The molecule has 0 atom stereocenters. The second kappa shape index (κ2) is 12.3. The van der Waals surface area contributed by atoms with Gasteiger partial charge in [-0.1, -0.05) is 36.4 Å². The van der Waals surface area contributed by atoms with Crippen molar-refractivity contribution in [3.05, 3.63) is 92.1 Å². The zero-order valence-electron chi connectivity index (χ0n) is 19.4. The number of halogens is 2. The molecule has 186 valence electrons. The molecular formula is C27H23FINO5S. The molecule has 0 aliphatic carbocycles.